The molecule has 1 aromatic heterocycles. The molecule has 0 aliphatic heterocycles. The predicted octanol–water partition coefficient (Wildman–Crippen LogP) is 5.31. The molecular weight excluding hydrogens is 288 g/mol. The third kappa shape index (κ3) is 2.11. The summed E-state index contributed by atoms with van der Waals surface area (Å²) in [5, 5.41) is 10.5. The molecule has 0 amide bonds. The lowest BCUT2D eigenvalue weighted by atomic mass is 9.96. The second kappa shape index (κ2) is 5.38. The zero-order valence-corrected chi connectivity index (χ0v) is 13.3. The van der Waals surface area contributed by atoms with Crippen molar-refractivity contribution in [1.29, 1.82) is 0 Å². The lowest BCUT2D eigenvalue weighted by Crippen LogP contribution is -2.01. The fourth-order valence-electron chi connectivity index (χ4n) is 3.32. The highest BCUT2D eigenvalue weighted by molar-refractivity contribution is 7.16. The van der Waals surface area contributed by atoms with Gasteiger partial charge < -0.3 is 5.11 Å². The zero-order valence-electron chi connectivity index (χ0n) is 12.5. The number of benzene rings is 2. The van der Waals surface area contributed by atoms with Crippen molar-refractivity contribution < 1.29 is 5.11 Å². The normalized spacial score (nSPS) is 20.1. The molecular formula is C20H18OS. The van der Waals surface area contributed by atoms with Crippen LogP contribution in [0.15, 0.2) is 60.7 Å². The average molecular weight is 306 g/mol. The Morgan fingerprint density at radius 3 is 2.14 bits per heavy atom. The molecule has 2 unspecified atom stereocenters. The highest BCUT2D eigenvalue weighted by Gasteiger charge is 2.34. The third-order valence-corrected chi connectivity index (χ3v) is 5.82. The molecule has 1 aliphatic rings. The molecule has 3 aromatic rings. The number of hydrogen-bond donors (Lipinski definition) is 1. The standard InChI is InChI=1S/C20H18OS/c1-13-12-16-17(14-8-4-2-5-9-14)19(22-20(16)18(13)21)15-10-6-3-7-11-15/h2-11,13,18,21H,12H2,1H3. The Morgan fingerprint density at radius 1 is 0.909 bits per heavy atom. The summed E-state index contributed by atoms with van der Waals surface area (Å²) >= 11 is 1.76. The number of rotatable bonds is 2. The molecule has 110 valence electrons. The summed E-state index contributed by atoms with van der Waals surface area (Å²) in [5.41, 5.74) is 5.14. The molecule has 2 aromatic carbocycles. The van der Waals surface area contributed by atoms with E-state index in [4.69, 9.17) is 0 Å². The van der Waals surface area contributed by atoms with Crippen molar-refractivity contribution in [3.63, 3.8) is 0 Å². The van der Waals surface area contributed by atoms with Crippen LogP contribution >= 0.6 is 11.3 Å². The third-order valence-electron chi connectivity index (χ3n) is 4.47. The van der Waals surface area contributed by atoms with Crippen molar-refractivity contribution >= 4 is 11.3 Å². The van der Waals surface area contributed by atoms with E-state index in [0.29, 0.717) is 5.92 Å². The van der Waals surface area contributed by atoms with Crippen molar-refractivity contribution in [3.05, 3.63) is 71.1 Å². The van der Waals surface area contributed by atoms with Gasteiger partial charge in [0.25, 0.3) is 0 Å². The van der Waals surface area contributed by atoms with E-state index in [-0.39, 0.29) is 6.10 Å². The molecule has 2 atom stereocenters. The van der Waals surface area contributed by atoms with Gasteiger partial charge in [0.1, 0.15) is 0 Å². The minimum atomic E-state index is -0.320. The van der Waals surface area contributed by atoms with Gasteiger partial charge in [0, 0.05) is 15.3 Å². The molecule has 1 aliphatic carbocycles. The average Bonchev–Trinajstić information content (AvgIpc) is 3.06. The van der Waals surface area contributed by atoms with Crippen molar-refractivity contribution in [2.24, 2.45) is 5.92 Å². The van der Waals surface area contributed by atoms with E-state index in [9.17, 15) is 5.11 Å². The SMILES string of the molecule is CC1Cc2c(sc(-c3ccccc3)c2-c2ccccc2)C1O. The van der Waals surface area contributed by atoms with Gasteiger partial charge in [-0.05, 0) is 29.0 Å². The summed E-state index contributed by atoms with van der Waals surface area (Å²) in [5.74, 6) is 0.313. The predicted molar refractivity (Wildman–Crippen MR) is 93.0 cm³/mol. The smallest absolute Gasteiger partial charge is 0.0913 e. The fraction of sp³-hybridized carbons (Fsp3) is 0.200. The molecule has 4 rings (SSSR count). The summed E-state index contributed by atoms with van der Waals surface area (Å²) in [7, 11) is 0. The van der Waals surface area contributed by atoms with Crippen LogP contribution in [0.4, 0.5) is 0 Å². The van der Waals surface area contributed by atoms with Crippen LogP contribution in [0.25, 0.3) is 21.6 Å². The summed E-state index contributed by atoms with van der Waals surface area (Å²) in [6.07, 6.45) is 0.643. The molecule has 0 saturated heterocycles. The van der Waals surface area contributed by atoms with Crippen LogP contribution < -0.4 is 0 Å². The maximum absolute atomic E-state index is 10.5. The van der Waals surface area contributed by atoms with Gasteiger partial charge in [0.2, 0.25) is 0 Å². The maximum Gasteiger partial charge on any atom is 0.0913 e. The van der Waals surface area contributed by atoms with Crippen molar-refractivity contribution in [2.45, 2.75) is 19.4 Å². The lowest BCUT2D eigenvalue weighted by Gasteiger charge is -2.10. The number of fused-ring (bicyclic) bond motifs is 1. The topological polar surface area (TPSA) is 20.2 Å². The van der Waals surface area contributed by atoms with E-state index in [1.54, 1.807) is 11.3 Å². The van der Waals surface area contributed by atoms with Gasteiger partial charge in [-0.25, -0.2) is 0 Å². The van der Waals surface area contributed by atoms with Gasteiger partial charge in [-0.3, -0.25) is 0 Å². The molecule has 1 heterocycles. The molecule has 22 heavy (non-hydrogen) atoms. The van der Waals surface area contributed by atoms with Crippen LogP contribution in [0, 0.1) is 5.92 Å². The minimum Gasteiger partial charge on any atom is -0.387 e. The minimum absolute atomic E-state index is 0.313. The van der Waals surface area contributed by atoms with E-state index >= 15 is 0 Å². The first kappa shape index (κ1) is 13.7. The Bertz CT molecular complexity index is 789. The zero-order chi connectivity index (χ0) is 15.1. The van der Waals surface area contributed by atoms with Gasteiger partial charge in [0.05, 0.1) is 6.10 Å². The first-order valence-corrected chi connectivity index (χ1v) is 8.52. The van der Waals surface area contributed by atoms with Gasteiger partial charge >= 0.3 is 0 Å². The van der Waals surface area contributed by atoms with Crippen LogP contribution in [0.5, 0.6) is 0 Å². The van der Waals surface area contributed by atoms with Gasteiger partial charge in [-0.15, -0.1) is 11.3 Å². The van der Waals surface area contributed by atoms with E-state index < -0.39 is 0 Å². The van der Waals surface area contributed by atoms with Crippen molar-refractivity contribution in [1.82, 2.24) is 0 Å². The molecule has 0 fully saturated rings. The molecule has 0 bridgehead atoms. The van der Waals surface area contributed by atoms with Crippen LogP contribution in [0.2, 0.25) is 0 Å². The number of thiophene rings is 1. The molecule has 0 radical (unpaired) electrons. The summed E-state index contributed by atoms with van der Waals surface area (Å²) < 4.78 is 0. The Labute approximate surface area is 134 Å². The van der Waals surface area contributed by atoms with E-state index in [0.717, 1.165) is 11.3 Å². The second-order valence-corrected chi connectivity index (χ2v) is 7.06. The quantitative estimate of drug-likeness (QED) is 0.680. The molecule has 2 heteroatoms. The van der Waals surface area contributed by atoms with Gasteiger partial charge in [-0.2, -0.15) is 0 Å². The number of aliphatic hydroxyl groups is 1. The Morgan fingerprint density at radius 2 is 1.50 bits per heavy atom. The Hall–Kier alpha value is -1.90. The lowest BCUT2D eigenvalue weighted by molar-refractivity contribution is 0.135. The summed E-state index contributed by atoms with van der Waals surface area (Å²) in [6, 6.07) is 21.1. The number of aliphatic hydroxyl groups excluding tert-OH is 1. The number of hydrogen-bond acceptors (Lipinski definition) is 2. The van der Waals surface area contributed by atoms with Crippen LogP contribution in [0.1, 0.15) is 23.5 Å². The molecule has 1 nitrogen and oxygen atoms in total. The highest BCUT2D eigenvalue weighted by atomic mass is 32.1. The Balaban J connectivity index is 1.97. The van der Waals surface area contributed by atoms with E-state index in [2.05, 4.69) is 61.5 Å². The highest BCUT2D eigenvalue weighted by Crippen LogP contribution is 2.51. The summed E-state index contributed by atoms with van der Waals surface area (Å²) in [4.78, 5) is 2.44. The molecule has 0 spiro atoms. The van der Waals surface area contributed by atoms with Crippen molar-refractivity contribution in [2.75, 3.05) is 0 Å². The first-order valence-electron chi connectivity index (χ1n) is 7.70. The van der Waals surface area contributed by atoms with Crippen LogP contribution in [0.3, 0.4) is 0 Å². The van der Waals surface area contributed by atoms with E-state index in [1.165, 1.54) is 27.1 Å². The van der Waals surface area contributed by atoms with Gasteiger partial charge in [0.15, 0.2) is 0 Å². The first-order chi connectivity index (χ1) is 10.8. The maximum atomic E-state index is 10.5. The van der Waals surface area contributed by atoms with Crippen LogP contribution in [-0.2, 0) is 6.42 Å². The largest absolute Gasteiger partial charge is 0.387 e. The van der Waals surface area contributed by atoms with E-state index in [1.807, 2.05) is 6.07 Å². The monoisotopic (exact) mass is 306 g/mol. The van der Waals surface area contributed by atoms with Crippen molar-refractivity contribution in [3.8, 4) is 21.6 Å². The van der Waals surface area contributed by atoms with Gasteiger partial charge in [-0.1, -0.05) is 67.6 Å². The fourth-order valence-corrected chi connectivity index (χ4v) is 4.80. The van der Waals surface area contributed by atoms with Crippen LogP contribution in [-0.4, -0.2) is 5.11 Å². The second-order valence-electron chi connectivity index (χ2n) is 6.01. The Kier molecular flexibility index (Phi) is 3.36. The summed E-state index contributed by atoms with van der Waals surface area (Å²) in [6.45, 7) is 2.13. The molecule has 1 N–H and O–H groups in total. The molecule has 0 saturated carbocycles.